The van der Waals surface area contributed by atoms with E-state index in [-0.39, 0.29) is 0 Å². The average molecular weight is 186 g/mol. The molecule has 0 amide bonds. The fraction of sp³-hybridized carbons (Fsp3) is 0.0909. The zero-order valence-corrected chi connectivity index (χ0v) is 7.97. The van der Waals surface area contributed by atoms with Crippen molar-refractivity contribution < 1.29 is 9.68 Å². The summed E-state index contributed by atoms with van der Waals surface area (Å²) in [7, 11) is 0.652. The van der Waals surface area contributed by atoms with Crippen LogP contribution in [0.15, 0.2) is 42.5 Å². The van der Waals surface area contributed by atoms with Gasteiger partial charge in [0.15, 0.2) is 0 Å². The largest absolute Gasteiger partial charge is 0.490 e. The van der Waals surface area contributed by atoms with Gasteiger partial charge in [-0.05, 0) is 16.2 Å². The highest BCUT2D eigenvalue weighted by Crippen LogP contribution is 2.11. The Hall–Kier alpha value is -1.32. The van der Waals surface area contributed by atoms with Gasteiger partial charge in [0.1, 0.15) is 0 Å². The third-order valence-corrected chi connectivity index (χ3v) is 2.28. The molecule has 0 aromatic heterocycles. The predicted octanol–water partition coefficient (Wildman–Crippen LogP) is 1.17. The fourth-order valence-electron chi connectivity index (χ4n) is 1.50. The summed E-state index contributed by atoms with van der Waals surface area (Å²) in [5, 5.41) is 11.7. The highest BCUT2D eigenvalue weighted by Gasteiger charge is 2.13. The van der Waals surface area contributed by atoms with Crippen LogP contribution in [0.1, 0.15) is 0 Å². The average Bonchev–Trinajstić information content (AvgIpc) is 2.27. The smallest absolute Gasteiger partial charge is 0.423 e. The van der Waals surface area contributed by atoms with Crippen molar-refractivity contribution >= 4 is 23.4 Å². The van der Waals surface area contributed by atoms with E-state index in [0.29, 0.717) is 0 Å². The molecule has 2 rings (SSSR count). The van der Waals surface area contributed by atoms with Crippen molar-refractivity contribution in [3.8, 4) is 0 Å². The molecule has 70 valence electrons. The molecule has 0 radical (unpaired) electrons. The van der Waals surface area contributed by atoms with Gasteiger partial charge in [-0.2, -0.15) is 0 Å². The second-order valence-electron chi connectivity index (χ2n) is 3.19. The molecule has 0 bridgehead atoms. The highest BCUT2D eigenvalue weighted by atomic mass is 16.5. The Morgan fingerprint density at radius 3 is 2.50 bits per heavy atom. The molecule has 0 spiro atoms. The quantitative estimate of drug-likeness (QED) is 0.713. The molecule has 3 heteroatoms. The first-order valence-corrected chi connectivity index (χ1v) is 4.51. The Kier molecular flexibility index (Phi) is 2.52. The van der Waals surface area contributed by atoms with Crippen LogP contribution in [-0.2, 0) is 4.65 Å². The summed E-state index contributed by atoms with van der Waals surface area (Å²) >= 11 is 0. The first kappa shape index (κ1) is 9.25. The van der Waals surface area contributed by atoms with Gasteiger partial charge in [-0.3, -0.25) is 0 Å². The van der Waals surface area contributed by atoms with Crippen molar-refractivity contribution in [1.29, 1.82) is 0 Å². The van der Waals surface area contributed by atoms with E-state index in [4.69, 9.17) is 4.65 Å². The summed E-state index contributed by atoms with van der Waals surface area (Å²) in [5.74, 6) is 0. The Balaban J connectivity index is 2.51. The Morgan fingerprint density at radius 1 is 1.07 bits per heavy atom. The van der Waals surface area contributed by atoms with Gasteiger partial charge in [0, 0.05) is 7.11 Å². The van der Waals surface area contributed by atoms with Gasteiger partial charge in [-0.15, -0.1) is 0 Å². The van der Waals surface area contributed by atoms with E-state index in [0.717, 1.165) is 10.8 Å². The molecule has 2 aromatic carbocycles. The summed E-state index contributed by atoms with van der Waals surface area (Å²) in [6, 6.07) is 13.8. The fourth-order valence-corrected chi connectivity index (χ4v) is 1.50. The van der Waals surface area contributed by atoms with Crippen LogP contribution in [0.25, 0.3) is 10.8 Å². The zero-order valence-electron chi connectivity index (χ0n) is 7.97. The van der Waals surface area contributed by atoms with E-state index >= 15 is 0 Å². The normalized spacial score (nSPS) is 10.4. The van der Waals surface area contributed by atoms with Crippen LogP contribution in [0.4, 0.5) is 0 Å². The van der Waals surface area contributed by atoms with E-state index in [1.165, 1.54) is 12.5 Å². The van der Waals surface area contributed by atoms with E-state index in [9.17, 15) is 5.02 Å². The molecule has 0 heterocycles. The standard InChI is InChI=1S/C11H11BO2/c1-14-12(13)11-7-6-9-4-2-3-5-10(9)8-11/h2-8,13H,1H3. The molecule has 0 unspecified atom stereocenters. The van der Waals surface area contributed by atoms with Crippen molar-refractivity contribution in [3.63, 3.8) is 0 Å². The van der Waals surface area contributed by atoms with Gasteiger partial charge in [-0.1, -0.05) is 42.5 Å². The summed E-state index contributed by atoms with van der Waals surface area (Å²) < 4.78 is 4.84. The topological polar surface area (TPSA) is 29.5 Å². The minimum absolute atomic E-state index is 0.784. The maximum absolute atomic E-state index is 9.47. The van der Waals surface area contributed by atoms with Crippen LogP contribution in [0.3, 0.4) is 0 Å². The van der Waals surface area contributed by atoms with Crippen LogP contribution in [0.2, 0.25) is 0 Å². The summed E-state index contributed by atoms with van der Waals surface area (Å²) in [4.78, 5) is 0. The van der Waals surface area contributed by atoms with Gasteiger partial charge in [0.2, 0.25) is 0 Å². The lowest BCUT2D eigenvalue weighted by atomic mass is 9.79. The lowest BCUT2D eigenvalue weighted by Gasteiger charge is -2.04. The number of benzene rings is 2. The molecular formula is C11H11BO2. The number of hydrogen-bond donors (Lipinski definition) is 1. The molecule has 2 nitrogen and oxygen atoms in total. The second-order valence-corrected chi connectivity index (χ2v) is 3.19. The highest BCUT2D eigenvalue weighted by molar-refractivity contribution is 6.60. The van der Waals surface area contributed by atoms with Crippen molar-refractivity contribution in [1.82, 2.24) is 0 Å². The molecule has 0 aliphatic heterocycles. The molecule has 14 heavy (non-hydrogen) atoms. The summed E-state index contributed by atoms with van der Waals surface area (Å²) in [6.07, 6.45) is 0. The molecule has 0 aliphatic rings. The maximum Gasteiger partial charge on any atom is 0.490 e. The van der Waals surface area contributed by atoms with Crippen LogP contribution < -0.4 is 5.46 Å². The van der Waals surface area contributed by atoms with Crippen LogP contribution in [0.5, 0.6) is 0 Å². The van der Waals surface area contributed by atoms with Crippen LogP contribution in [-0.4, -0.2) is 19.3 Å². The van der Waals surface area contributed by atoms with Gasteiger partial charge in [0.05, 0.1) is 0 Å². The third-order valence-electron chi connectivity index (χ3n) is 2.28. The lowest BCUT2D eigenvalue weighted by Crippen LogP contribution is -2.32. The molecular weight excluding hydrogens is 175 g/mol. The maximum atomic E-state index is 9.47. The van der Waals surface area contributed by atoms with E-state index in [1.54, 1.807) is 0 Å². The molecule has 0 fully saturated rings. The van der Waals surface area contributed by atoms with Crippen LogP contribution >= 0.6 is 0 Å². The van der Waals surface area contributed by atoms with Crippen molar-refractivity contribution in [2.24, 2.45) is 0 Å². The molecule has 0 aliphatic carbocycles. The van der Waals surface area contributed by atoms with Crippen LogP contribution in [0, 0.1) is 0 Å². The molecule has 1 N–H and O–H groups in total. The second kappa shape index (κ2) is 3.82. The number of hydrogen-bond acceptors (Lipinski definition) is 2. The molecule has 0 atom stereocenters. The minimum Gasteiger partial charge on any atom is -0.423 e. The first-order valence-electron chi connectivity index (χ1n) is 4.51. The minimum atomic E-state index is -0.834. The van der Waals surface area contributed by atoms with Crippen molar-refractivity contribution in [2.45, 2.75) is 0 Å². The Morgan fingerprint density at radius 2 is 1.79 bits per heavy atom. The molecule has 0 saturated heterocycles. The van der Waals surface area contributed by atoms with Gasteiger partial charge in [0.25, 0.3) is 0 Å². The molecule has 2 aromatic rings. The van der Waals surface area contributed by atoms with Gasteiger partial charge < -0.3 is 9.68 Å². The monoisotopic (exact) mass is 186 g/mol. The third kappa shape index (κ3) is 1.64. The Bertz CT molecular complexity index is 442. The number of fused-ring (bicyclic) bond motifs is 1. The van der Waals surface area contributed by atoms with Crippen molar-refractivity contribution in [3.05, 3.63) is 42.5 Å². The van der Waals surface area contributed by atoms with Crippen molar-refractivity contribution in [2.75, 3.05) is 7.11 Å². The number of rotatable bonds is 2. The summed E-state index contributed by atoms with van der Waals surface area (Å²) in [5.41, 5.74) is 0.784. The van der Waals surface area contributed by atoms with E-state index in [1.807, 2.05) is 42.5 Å². The zero-order chi connectivity index (χ0) is 9.97. The first-order chi connectivity index (χ1) is 6.81. The van der Waals surface area contributed by atoms with E-state index in [2.05, 4.69) is 0 Å². The molecule has 0 saturated carbocycles. The Labute approximate surface area is 83.3 Å². The van der Waals surface area contributed by atoms with Gasteiger partial charge >= 0.3 is 7.12 Å². The lowest BCUT2D eigenvalue weighted by molar-refractivity contribution is 0.341. The SMILES string of the molecule is COB(O)c1ccc2ccccc2c1. The summed E-state index contributed by atoms with van der Waals surface area (Å²) in [6.45, 7) is 0. The van der Waals surface area contributed by atoms with Gasteiger partial charge in [-0.25, -0.2) is 0 Å². The predicted molar refractivity (Wildman–Crippen MR) is 58.6 cm³/mol. The van der Waals surface area contributed by atoms with E-state index < -0.39 is 7.12 Å².